The quantitative estimate of drug-likeness (QED) is 0.243. The van der Waals surface area contributed by atoms with Gasteiger partial charge in [0.05, 0.1) is 26.4 Å². The summed E-state index contributed by atoms with van der Waals surface area (Å²) in [5, 5.41) is 10.9. The van der Waals surface area contributed by atoms with Crippen molar-refractivity contribution in [3.05, 3.63) is 10.1 Å². The molecule has 0 radical (unpaired) electrons. The van der Waals surface area contributed by atoms with Crippen LogP contribution in [0.5, 0.6) is 0 Å². The summed E-state index contributed by atoms with van der Waals surface area (Å²) in [6.45, 7) is 6.00. The zero-order valence-electron chi connectivity index (χ0n) is 11.0. The molecule has 0 saturated carbocycles. The third kappa shape index (κ3) is 8.78. The second-order valence-corrected chi connectivity index (χ2v) is 6.50. The van der Waals surface area contributed by atoms with E-state index in [-0.39, 0.29) is 34.0 Å². The molecule has 102 valence electrons. The lowest BCUT2D eigenvalue weighted by Crippen LogP contribution is -3.00. The smallest absolute Gasteiger partial charge is 0.264 e. The zero-order chi connectivity index (χ0) is 13.0. The van der Waals surface area contributed by atoms with Gasteiger partial charge in [0, 0.05) is 25.7 Å². The van der Waals surface area contributed by atoms with Gasteiger partial charge in [0.1, 0.15) is 6.54 Å². The topological polar surface area (TPSA) is 60.2 Å². The lowest BCUT2D eigenvalue weighted by atomic mass is 10.1. The Morgan fingerprint density at radius 3 is 2.24 bits per heavy atom. The van der Waals surface area contributed by atoms with Crippen molar-refractivity contribution in [1.29, 1.82) is 0 Å². The van der Waals surface area contributed by atoms with Gasteiger partial charge in [-0.25, -0.2) is 0 Å². The highest BCUT2D eigenvalue weighted by atomic mass is 127. The minimum absolute atomic E-state index is 0. The number of hydrogen-bond donors (Lipinski definition) is 0. The van der Waals surface area contributed by atoms with Crippen LogP contribution in [0.15, 0.2) is 0 Å². The molecule has 0 aromatic rings. The molecule has 0 heterocycles. The molecule has 0 atom stereocenters. The van der Waals surface area contributed by atoms with Crippen LogP contribution in [0, 0.1) is 10.1 Å². The Hall–Kier alpha value is 0.110. The van der Waals surface area contributed by atoms with Crippen molar-refractivity contribution in [3.8, 4) is 0 Å². The van der Waals surface area contributed by atoms with E-state index in [9.17, 15) is 14.9 Å². The van der Waals surface area contributed by atoms with Crippen LogP contribution in [0.4, 0.5) is 0 Å². The monoisotopic (exact) mass is 376 g/mol. The molecule has 0 unspecified atom stereocenters. The number of likely N-dealkylation sites (N-methyl/N-ethyl adjacent to an activating group) is 1. The second-order valence-electron chi connectivity index (χ2n) is 5.23. The van der Waals surface area contributed by atoms with Gasteiger partial charge >= 0.3 is 0 Å². The summed E-state index contributed by atoms with van der Waals surface area (Å²) >= 11 is 1.27. The Morgan fingerprint density at radius 2 is 1.88 bits per heavy atom. The summed E-state index contributed by atoms with van der Waals surface area (Å²) in [4.78, 5) is 21.3. The number of rotatable bonds is 6. The number of nitro groups is 1. The molecular formula is C10H21IN2O3S. The zero-order valence-corrected chi connectivity index (χ0v) is 14.0. The minimum Gasteiger partial charge on any atom is -1.00 e. The van der Waals surface area contributed by atoms with Crippen LogP contribution in [0.25, 0.3) is 0 Å². The molecule has 0 N–H and O–H groups in total. The van der Waals surface area contributed by atoms with Crippen molar-refractivity contribution >= 4 is 16.9 Å². The first-order chi connectivity index (χ1) is 7.07. The van der Waals surface area contributed by atoms with E-state index in [1.165, 1.54) is 18.7 Å². The molecule has 0 amide bonds. The fraction of sp³-hybridized carbons (Fsp3) is 0.900. The Labute approximate surface area is 124 Å². The molecule has 0 rings (SSSR count). The third-order valence-electron chi connectivity index (χ3n) is 2.31. The molecular weight excluding hydrogens is 355 g/mol. The van der Waals surface area contributed by atoms with E-state index in [0.29, 0.717) is 16.8 Å². The summed E-state index contributed by atoms with van der Waals surface area (Å²) in [7, 11) is 3.90. The first-order valence-electron chi connectivity index (χ1n) is 5.17. The normalized spacial score (nSPS) is 11.8. The maximum Gasteiger partial charge on any atom is 0.264 e. The highest BCUT2D eigenvalue weighted by molar-refractivity contribution is 8.13. The van der Waals surface area contributed by atoms with Crippen LogP contribution >= 0.6 is 11.8 Å². The molecule has 0 fully saturated rings. The van der Waals surface area contributed by atoms with Crippen molar-refractivity contribution in [2.75, 3.05) is 32.9 Å². The number of thioether (sulfide) groups is 1. The highest BCUT2D eigenvalue weighted by Gasteiger charge is 2.38. The Bertz CT molecular complexity index is 283. The van der Waals surface area contributed by atoms with Gasteiger partial charge in [0.2, 0.25) is 0 Å². The number of halogens is 1. The Morgan fingerprint density at radius 1 is 1.41 bits per heavy atom. The van der Waals surface area contributed by atoms with Gasteiger partial charge in [-0.3, -0.25) is 14.9 Å². The summed E-state index contributed by atoms with van der Waals surface area (Å²) in [6.07, 6.45) is 0. The molecule has 0 aromatic heterocycles. The molecule has 0 saturated heterocycles. The predicted molar refractivity (Wildman–Crippen MR) is 66.1 cm³/mol. The lowest BCUT2D eigenvalue weighted by Gasteiger charge is -2.33. The van der Waals surface area contributed by atoms with Crippen LogP contribution in [-0.2, 0) is 4.79 Å². The number of hydrogen-bond acceptors (Lipinski definition) is 4. The SMILES string of the molecule is CC(=O)SCC[N+](C)(C)CC(C)(C)[N+](=O)[O-].[I-]. The van der Waals surface area contributed by atoms with Crippen molar-refractivity contribution in [1.82, 2.24) is 0 Å². The van der Waals surface area contributed by atoms with E-state index in [0.717, 1.165) is 6.54 Å². The van der Waals surface area contributed by atoms with E-state index >= 15 is 0 Å². The maximum atomic E-state index is 10.8. The molecule has 5 nitrogen and oxygen atoms in total. The molecule has 0 bridgehead atoms. The number of quaternary nitrogens is 1. The molecule has 17 heavy (non-hydrogen) atoms. The summed E-state index contributed by atoms with van der Waals surface area (Å²) in [6, 6.07) is 0. The van der Waals surface area contributed by atoms with E-state index in [2.05, 4.69) is 0 Å². The van der Waals surface area contributed by atoms with Gasteiger partial charge in [0.25, 0.3) is 5.54 Å². The fourth-order valence-electron chi connectivity index (χ4n) is 1.62. The van der Waals surface area contributed by atoms with E-state index in [1.807, 2.05) is 14.1 Å². The molecule has 0 aliphatic heterocycles. The van der Waals surface area contributed by atoms with Crippen molar-refractivity contribution in [2.45, 2.75) is 26.3 Å². The molecule has 0 aliphatic rings. The standard InChI is InChI=1S/C10H21N2O3S.HI/c1-9(13)16-7-6-12(4,5)8-10(2,3)11(14)15;/h6-8H2,1-5H3;1H/q+1;/p-1. The van der Waals surface area contributed by atoms with Crippen molar-refractivity contribution in [3.63, 3.8) is 0 Å². The van der Waals surface area contributed by atoms with E-state index < -0.39 is 5.54 Å². The van der Waals surface area contributed by atoms with Gasteiger partial charge in [0.15, 0.2) is 5.12 Å². The van der Waals surface area contributed by atoms with Gasteiger partial charge in [-0.2, -0.15) is 0 Å². The average molecular weight is 376 g/mol. The van der Waals surface area contributed by atoms with E-state index in [4.69, 9.17) is 0 Å². The van der Waals surface area contributed by atoms with Crippen LogP contribution in [-0.4, -0.2) is 53.0 Å². The average Bonchev–Trinajstić information content (AvgIpc) is 1.99. The maximum absolute atomic E-state index is 10.8. The summed E-state index contributed by atoms with van der Waals surface area (Å²) in [5.74, 6) is 0.704. The first kappa shape index (κ1) is 19.4. The highest BCUT2D eigenvalue weighted by Crippen LogP contribution is 2.14. The fourth-order valence-corrected chi connectivity index (χ4v) is 2.49. The number of nitrogens with zero attached hydrogens (tertiary/aromatic N) is 2. The Kier molecular flexibility index (Phi) is 8.61. The summed E-state index contributed by atoms with van der Waals surface area (Å²) < 4.78 is 0.550. The van der Waals surface area contributed by atoms with Gasteiger partial charge in [-0.15, -0.1) is 0 Å². The lowest BCUT2D eigenvalue weighted by molar-refractivity contribution is -0.904. The second kappa shape index (κ2) is 7.52. The van der Waals surface area contributed by atoms with Crippen molar-refractivity contribution < 1.29 is 38.2 Å². The minimum atomic E-state index is -0.926. The van der Waals surface area contributed by atoms with Crippen molar-refractivity contribution in [2.24, 2.45) is 0 Å². The molecule has 0 spiro atoms. The Balaban J connectivity index is 0. The van der Waals surface area contributed by atoms with E-state index in [1.54, 1.807) is 13.8 Å². The van der Waals surface area contributed by atoms with Gasteiger partial charge in [-0.1, -0.05) is 11.8 Å². The molecule has 0 aliphatic carbocycles. The molecule has 0 aromatic carbocycles. The van der Waals surface area contributed by atoms with Crippen LogP contribution < -0.4 is 24.0 Å². The first-order valence-corrected chi connectivity index (χ1v) is 6.15. The number of carbonyl (C=O) groups excluding carboxylic acids is 1. The predicted octanol–water partition coefficient (Wildman–Crippen LogP) is -1.60. The largest absolute Gasteiger partial charge is 1.00 e. The summed E-state index contributed by atoms with van der Waals surface area (Å²) in [5.41, 5.74) is -0.926. The van der Waals surface area contributed by atoms with Gasteiger partial charge in [-0.05, 0) is 0 Å². The molecule has 7 heteroatoms. The number of carbonyl (C=O) groups is 1. The van der Waals surface area contributed by atoms with Gasteiger partial charge < -0.3 is 28.5 Å². The van der Waals surface area contributed by atoms with Crippen LogP contribution in [0.2, 0.25) is 0 Å². The van der Waals surface area contributed by atoms with Crippen LogP contribution in [0.1, 0.15) is 20.8 Å². The third-order valence-corrected chi connectivity index (χ3v) is 3.10. The van der Waals surface area contributed by atoms with Crippen LogP contribution in [0.3, 0.4) is 0 Å².